The fraction of sp³-hybridized carbons (Fsp3) is 0.120. The van der Waals surface area contributed by atoms with E-state index in [0.717, 1.165) is 38.8 Å². The number of hydrogen-bond donors (Lipinski definition) is 3. The predicted molar refractivity (Wildman–Crippen MR) is 126 cm³/mol. The number of fused-ring (bicyclic) bond motifs is 6. The second kappa shape index (κ2) is 7.11. The maximum Gasteiger partial charge on any atom is 0.321 e. The monoisotopic (exact) mass is 425 g/mol. The molecule has 4 aromatic carbocycles. The summed E-state index contributed by atoms with van der Waals surface area (Å²) in [5, 5.41) is 17.1. The van der Waals surface area contributed by atoms with Crippen molar-refractivity contribution in [1.29, 1.82) is 0 Å². The summed E-state index contributed by atoms with van der Waals surface area (Å²) in [6.07, 6.45) is 0. The second-order valence-corrected chi connectivity index (χ2v) is 8.93. The molecule has 0 radical (unpaired) electrons. The quantitative estimate of drug-likeness (QED) is 0.341. The molecule has 2 atom stereocenters. The van der Waals surface area contributed by atoms with Gasteiger partial charge in [-0.1, -0.05) is 72.8 Å². The summed E-state index contributed by atoms with van der Waals surface area (Å²) < 4.78 is 0. The molecule has 2 heterocycles. The number of carbonyl (C=O) groups is 1. The number of aromatic nitrogens is 2. The average Bonchev–Trinajstić information content (AvgIpc) is 3.48. The van der Waals surface area contributed by atoms with Crippen LogP contribution in [0.3, 0.4) is 0 Å². The highest BCUT2D eigenvalue weighted by atomic mass is 32.2. The van der Waals surface area contributed by atoms with Crippen LogP contribution in [0.1, 0.15) is 10.9 Å². The van der Waals surface area contributed by atoms with Crippen LogP contribution in [0.15, 0.2) is 72.8 Å². The van der Waals surface area contributed by atoms with Crippen LogP contribution in [0.4, 0.5) is 0 Å². The van der Waals surface area contributed by atoms with Crippen LogP contribution in [-0.2, 0) is 4.79 Å². The van der Waals surface area contributed by atoms with E-state index in [4.69, 9.17) is 4.98 Å². The molecule has 1 aromatic heterocycles. The summed E-state index contributed by atoms with van der Waals surface area (Å²) in [7, 11) is 0. The minimum Gasteiger partial charge on any atom is -0.480 e. The first-order chi connectivity index (χ1) is 15.2. The third-order valence-corrected chi connectivity index (χ3v) is 7.21. The van der Waals surface area contributed by atoms with Gasteiger partial charge in [0, 0.05) is 22.1 Å². The van der Waals surface area contributed by atoms with Gasteiger partial charge in [0.15, 0.2) is 0 Å². The number of rotatable bonds is 3. The molecule has 31 heavy (non-hydrogen) atoms. The molecule has 0 spiro atoms. The Labute approximate surface area is 182 Å². The van der Waals surface area contributed by atoms with E-state index in [1.807, 2.05) is 24.3 Å². The van der Waals surface area contributed by atoms with Crippen LogP contribution in [0.25, 0.3) is 44.0 Å². The molecule has 1 saturated heterocycles. The molecule has 0 aliphatic carbocycles. The second-order valence-electron chi connectivity index (χ2n) is 7.79. The van der Waals surface area contributed by atoms with Gasteiger partial charge in [0.25, 0.3) is 0 Å². The standard InChI is InChI=1S/C25H19N3O2S/c29-25(30)20-13-31-24(26-20)15-11-9-14(10-12-15)23-27-21-18-7-3-1-5-16(18)17-6-2-4-8-19(17)22(21)28-23/h1-12,20,24,26H,13H2,(H,27,28)(H,29,30). The van der Waals surface area contributed by atoms with Crippen LogP contribution >= 0.6 is 11.8 Å². The van der Waals surface area contributed by atoms with Crippen LogP contribution in [0.5, 0.6) is 0 Å². The van der Waals surface area contributed by atoms with Crippen molar-refractivity contribution in [3.8, 4) is 11.4 Å². The molecular weight excluding hydrogens is 406 g/mol. The number of nitrogens with zero attached hydrogens (tertiary/aromatic N) is 1. The molecule has 2 unspecified atom stereocenters. The number of aromatic amines is 1. The molecular formula is C25H19N3O2S. The highest BCUT2D eigenvalue weighted by molar-refractivity contribution is 7.99. The van der Waals surface area contributed by atoms with E-state index in [1.165, 1.54) is 10.8 Å². The van der Waals surface area contributed by atoms with E-state index < -0.39 is 12.0 Å². The largest absolute Gasteiger partial charge is 0.480 e. The lowest BCUT2D eigenvalue weighted by molar-refractivity contribution is -0.138. The number of carboxylic acids is 1. The van der Waals surface area contributed by atoms with E-state index in [-0.39, 0.29) is 5.37 Å². The molecule has 5 aromatic rings. The van der Waals surface area contributed by atoms with Gasteiger partial charge in [-0.25, -0.2) is 4.98 Å². The number of nitrogens with one attached hydrogen (secondary N) is 2. The number of carboxylic acid groups (broad SMARTS) is 1. The zero-order valence-corrected chi connectivity index (χ0v) is 17.3. The Bertz CT molecular complexity index is 1390. The summed E-state index contributed by atoms with van der Waals surface area (Å²) in [6.45, 7) is 0. The minimum absolute atomic E-state index is 0.00119. The highest BCUT2D eigenvalue weighted by Gasteiger charge is 2.30. The van der Waals surface area contributed by atoms with Crippen molar-refractivity contribution >= 4 is 50.3 Å². The SMILES string of the molecule is O=C(O)C1CSC(c2ccc(-c3nc4c5ccccc5c5ccccc5c4[nH]3)cc2)N1. The molecule has 5 nitrogen and oxygen atoms in total. The van der Waals surface area contributed by atoms with Gasteiger partial charge in [0.05, 0.1) is 16.4 Å². The van der Waals surface area contributed by atoms with Gasteiger partial charge in [0.2, 0.25) is 0 Å². The number of benzene rings is 4. The molecule has 0 amide bonds. The Morgan fingerprint density at radius 1 is 0.903 bits per heavy atom. The number of H-pyrrole nitrogens is 1. The third-order valence-electron chi connectivity index (χ3n) is 5.94. The maximum absolute atomic E-state index is 11.2. The van der Waals surface area contributed by atoms with Gasteiger partial charge in [-0.2, -0.15) is 0 Å². The Morgan fingerprint density at radius 3 is 2.23 bits per heavy atom. The van der Waals surface area contributed by atoms with Crippen LogP contribution in [0, 0.1) is 0 Å². The Kier molecular flexibility index (Phi) is 4.23. The van der Waals surface area contributed by atoms with Crippen molar-refractivity contribution in [2.24, 2.45) is 0 Å². The molecule has 1 aliphatic heterocycles. The minimum atomic E-state index is -0.798. The van der Waals surface area contributed by atoms with Crippen LogP contribution < -0.4 is 5.32 Å². The van der Waals surface area contributed by atoms with Crippen molar-refractivity contribution < 1.29 is 9.90 Å². The number of imidazole rings is 1. The lowest BCUT2D eigenvalue weighted by atomic mass is 10.0. The predicted octanol–water partition coefficient (Wildman–Crippen LogP) is 5.32. The molecule has 6 heteroatoms. The Morgan fingerprint density at radius 2 is 1.55 bits per heavy atom. The molecule has 1 aliphatic rings. The number of aliphatic carboxylic acids is 1. The van der Waals surface area contributed by atoms with Gasteiger partial charge >= 0.3 is 5.97 Å². The average molecular weight is 426 g/mol. The Balaban J connectivity index is 1.43. The van der Waals surface area contributed by atoms with Crippen molar-refractivity contribution in [1.82, 2.24) is 15.3 Å². The zero-order chi connectivity index (χ0) is 20.9. The zero-order valence-electron chi connectivity index (χ0n) is 16.5. The van der Waals surface area contributed by atoms with E-state index >= 15 is 0 Å². The third kappa shape index (κ3) is 2.99. The van der Waals surface area contributed by atoms with Gasteiger partial charge in [-0.3, -0.25) is 10.1 Å². The fourth-order valence-electron chi connectivity index (χ4n) is 4.38. The van der Waals surface area contributed by atoms with Crippen molar-refractivity contribution in [3.63, 3.8) is 0 Å². The number of hydrogen-bond acceptors (Lipinski definition) is 4. The first kappa shape index (κ1) is 18.4. The molecule has 6 rings (SSSR count). The maximum atomic E-state index is 11.2. The number of thioether (sulfide) groups is 1. The van der Waals surface area contributed by atoms with Crippen molar-refractivity contribution in [2.45, 2.75) is 11.4 Å². The molecule has 152 valence electrons. The Hall–Kier alpha value is -3.35. The van der Waals surface area contributed by atoms with Gasteiger partial charge in [-0.15, -0.1) is 11.8 Å². The normalized spacial score (nSPS) is 18.8. The van der Waals surface area contributed by atoms with Crippen LogP contribution in [0.2, 0.25) is 0 Å². The lowest BCUT2D eigenvalue weighted by Crippen LogP contribution is -2.33. The van der Waals surface area contributed by atoms with Crippen molar-refractivity contribution in [3.05, 3.63) is 78.4 Å². The summed E-state index contributed by atoms with van der Waals surface area (Å²) in [5.74, 6) is 0.609. The van der Waals surface area contributed by atoms with Gasteiger partial charge in [0.1, 0.15) is 11.9 Å². The summed E-state index contributed by atoms with van der Waals surface area (Å²) >= 11 is 1.62. The molecule has 1 fully saturated rings. The highest BCUT2D eigenvalue weighted by Crippen LogP contribution is 2.36. The first-order valence-corrected chi connectivity index (χ1v) is 11.2. The van der Waals surface area contributed by atoms with E-state index in [1.54, 1.807) is 11.8 Å². The lowest BCUT2D eigenvalue weighted by Gasteiger charge is -2.11. The van der Waals surface area contributed by atoms with E-state index in [9.17, 15) is 9.90 Å². The van der Waals surface area contributed by atoms with E-state index in [0.29, 0.717) is 5.75 Å². The van der Waals surface area contributed by atoms with Gasteiger partial charge in [-0.05, 0) is 16.3 Å². The molecule has 0 saturated carbocycles. The van der Waals surface area contributed by atoms with Crippen molar-refractivity contribution in [2.75, 3.05) is 5.75 Å². The first-order valence-electron chi connectivity index (χ1n) is 10.2. The molecule has 3 N–H and O–H groups in total. The molecule has 0 bridgehead atoms. The van der Waals surface area contributed by atoms with E-state index in [2.05, 4.69) is 58.8 Å². The summed E-state index contributed by atoms with van der Waals surface area (Å²) in [6, 6.07) is 24.5. The smallest absolute Gasteiger partial charge is 0.321 e. The summed E-state index contributed by atoms with van der Waals surface area (Å²) in [4.78, 5) is 19.7. The van der Waals surface area contributed by atoms with Gasteiger partial charge < -0.3 is 10.1 Å². The van der Waals surface area contributed by atoms with Crippen LogP contribution in [-0.4, -0.2) is 32.8 Å². The fourth-order valence-corrected chi connectivity index (χ4v) is 5.62. The summed E-state index contributed by atoms with van der Waals surface area (Å²) in [5.41, 5.74) is 4.10. The topological polar surface area (TPSA) is 78.0 Å².